The van der Waals surface area contributed by atoms with Crippen LogP contribution in [0.2, 0.25) is 0 Å². The van der Waals surface area contributed by atoms with E-state index in [1.165, 1.54) is 33.4 Å². The predicted octanol–water partition coefficient (Wildman–Crippen LogP) is 7.02. The van der Waals surface area contributed by atoms with E-state index in [0.29, 0.717) is 0 Å². The summed E-state index contributed by atoms with van der Waals surface area (Å²) in [5, 5.41) is 8.23. The molecular formula is C36H31N3. The Labute approximate surface area is 229 Å². The number of nitrogens with two attached hydrogens (primary N) is 2. The van der Waals surface area contributed by atoms with Crippen LogP contribution in [0, 0.1) is 5.41 Å². The molecule has 7 rings (SSSR count). The van der Waals surface area contributed by atoms with E-state index < -0.39 is 5.41 Å². The second-order valence-corrected chi connectivity index (χ2v) is 11.3. The fourth-order valence-electron chi connectivity index (χ4n) is 7.25. The van der Waals surface area contributed by atoms with Crippen LogP contribution < -0.4 is 11.5 Å². The summed E-state index contributed by atoms with van der Waals surface area (Å²) in [6.07, 6.45) is 0. The van der Waals surface area contributed by atoms with Crippen LogP contribution in [0.25, 0.3) is 11.1 Å². The van der Waals surface area contributed by atoms with Crippen molar-refractivity contribution in [3.8, 4) is 11.1 Å². The molecule has 0 saturated carbocycles. The third kappa shape index (κ3) is 3.05. The molecule has 2 aliphatic carbocycles. The molecule has 5 N–H and O–H groups in total. The standard InChI is InChI=1S/C36H31N3/c1-35(2)27-14-6-8-16-29(27)36(30-17-9-7-15-28(30)35)26-20-19-23(34(38)39)21-25(26)32-24(13-10-18-31(32)36)33(37)22-11-4-3-5-12-22/h3-21,33H,37H2,1-2H3,(H3,38,39). The Kier molecular flexibility index (Phi) is 5.01. The van der Waals surface area contributed by atoms with Gasteiger partial charge in [-0.05, 0) is 61.7 Å². The van der Waals surface area contributed by atoms with Gasteiger partial charge < -0.3 is 11.5 Å². The first-order valence-corrected chi connectivity index (χ1v) is 13.5. The molecule has 3 heteroatoms. The Hall–Kier alpha value is -4.47. The normalized spacial score (nSPS) is 16.1. The van der Waals surface area contributed by atoms with Crippen molar-refractivity contribution in [2.24, 2.45) is 11.5 Å². The van der Waals surface area contributed by atoms with Crippen molar-refractivity contribution in [3.05, 3.63) is 165 Å². The molecule has 0 heterocycles. The summed E-state index contributed by atoms with van der Waals surface area (Å²) in [4.78, 5) is 0. The van der Waals surface area contributed by atoms with Crippen molar-refractivity contribution >= 4 is 5.84 Å². The summed E-state index contributed by atoms with van der Waals surface area (Å²) in [7, 11) is 0. The lowest BCUT2D eigenvalue weighted by Gasteiger charge is -2.46. The minimum absolute atomic E-state index is 0.0655. The molecule has 39 heavy (non-hydrogen) atoms. The molecule has 5 aromatic carbocycles. The lowest BCUT2D eigenvalue weighted by Crippen LogP contribution is -2.40. The Balaban J connectivity index is 1.65. The van der Waals surface area contributed by atoms with Gasteiger partial charge in [-0.3, -0.25) is 5.41 Å². The van der Waals surface area contributed by atoms with Crippen molar-refractivity contribution in [1.82, 2.24) is 0 Å². The Morgan fingerprint density at radius 3 is 1.82 bits per heavy atom. The van der Waals surface area contributed by atoms with E-state index >= 15 is 0 Å². The van der Waals surface area contributed by atoms with E-state index in [1.807, 2.05) is 24.3 Å². The molecule has 0 saturated heterocycles. The lowest BCUT2D eigenvalue weighted by atomic mass is 9.55. The van der Waals surface area contributed by atoms with Crippen LogP contribution in [0.15, 0.2) is 115 Å². The van der Waals surface area contributed by atoms with Crippen molar-refractivity contribution in [3.63, 3.8) is 0 Å². The second kappa shape index (κ2) is 8.26. The zero-order valence-electron chi connectivity index (χ0n) is 22.2. The van der Waals surface area contributed by atoms with Gasteiger partial charge in [0.2, 0.25) is 0 Å². The van der Waals surface area contributed by atoms with Crippen molar-refractivity contribution in [1.29, 1.82) is 5.41 Å². The van der Waals surface area contributed by atoms with Crippen LogP contribution in [-0.4, -0.2) is 5.84 Å². The first-order valence-electron chi connectivity index (χ1n) is 13.5. The van der Waals surface area contributed by atoms with E-state index in [9.17, 15) is 0 Å². The zero-order chi connectivity index (χ0) is 26.9. The SMILES string of the molecule is CC1(C)c2ccccc2C2(c3ccc(C(=N)N)cc3-c3c(C(N)c4ccccc4)cccc32)c2ccccc21. The molecule has 0 bridgehead atoms. The molecule has 190 valence electrons. The van der Waals surface area contributed by atoms with Crippen LogP contribution in [0.5, 0.6) is 0 Å². The van der Waals surface area contributed by atoms with Crippen molar-refractivity contribution in [2.45, 2.75) is 30.7 Å². The summed E-state index contributed by atoms with van der Waals surface area (Å²) in [5.41, 5.74) is 25.2. The minimum atomic E-state index is -0.505. The first-order chi connectivity index (χ1) is 18.9. The number of hydrogen-bond donors (Lipinski definition) is 3. The summed E-state index contributed by atoms with van der Waals surface area (Å²) < 4.78 is 0. The second-order valence-electron chi connectivity index (χ2n) is 11.3. The Morgan fingerprint density at radius 2 is 1.21 bits per heavy atom. The van der Waals surface area contributed by atoms with Gasteiger partial charge in [0.05, 0.1) is 11.5 Å². The molecule has 3 nitrogen and oxygen atoms in total. The van der Waals surface area contributed by atoms with Crippen LogP contribution in [0.3, 0.4) is 0 Å². The largest absolute Gasteiger partial charge is 0.384 e. The summed E-state index contributed by atoms with van der Waals surface area (Å²) >= 11 is 0. The van der Waals surface area contributed by atoms with Gasteiger partial charge in [0.1, 0.15) is 5.84 Å². The number of fused-ring (bicyclic) bond motifs is 9. The maximum atomic E-state index is 8.23. The number of nitrogens with one attached hydrogen (secondary N) is 1. The van der Waals surface area contributed by atoms with Crippen molar-refractivity contribution < 1.29 is 0 Å². The highest BCUT2D eigenvalue weighted by Crippen LogP contribution is 2.63. The topological polar surface area (TPSA) is 75.9 Å². The third-order valence-corrected chi connectivity index (χ3v) is 9.01. The highest BCUT2D eigenvalue weighted by atomic mass is 14.7. The average molecular weight is 506 g/mol. The van der Waals surface area contributed by atoms with Gasteiger partial charge in [0.25, 0.3) is 0 Å². The van der Waals surface area contributed by atoms with E-state index in [2.05, 4.69) is 105 Å². The monoisotopic (exact) mass is 505 g/mol. The quantitative estimate of drug-likeness (QED) is 0.179. The Morgan fingerprint density at radius 1 is 0.641 bits per heavy atom. The lowest BCUT2D eigenvalue weighted by molar-refractivity contribution is 0.563. The maximum absolute atomic E-state index is 8.23. The molecule has 0 fully saturated rings. The van der Waals surface area contributed by atoms with Gasteiger partial charge in [0, 0.05) is 11.0 Å². The van der Waals surface area contributed by atoms with Gasteiger partial charge in [0.15, 0.2) is 0 Å². The fraction of sp³-hybridized carbons (Fsp3) is 0.139. The van der Waals surface area contributed by atoms with Crippen molar-refractivity contribution in [2.75, 3.05) is 0 Å². The number of hydrogen-bond acceptors (Lipinski definition) is 2. The summed E-state index contributed by atoms with van der Waals surface area (Å²) in [6.45, 7) is 4.66. The number of nitrogen functional groups attached to an aromatic ring is 1. The average Bonchev–Trinajstić information content (AvgIpc) is 3.27. The molecular weight excluding hydrogens is 474 g/mol. The van der Waals surface area contributed by atoms with Crippen LogP contribution >= 0.6 is 0 Å². The predicted molar refractivity (Wildman–Crippen MR) is 159 cm³/mol. The smallest absolute Gasteiger partial charge is 0.122 e. The molecule has 0 aliphatic heterocycles. The Bertz CT molecular complexity index is 1730. The summed E-state index contributed by atoms with van der Waals surface area (Å²) in [6, 6.07) is 40.6. The number of benzene rings is 5. The third-order valence-electron chi connectivity index (χ3n) is 9.01. The summed E-state index contributed by atoms with van der Waals surface area (Å²) in [5.74, 6) is 0.0655. The molecule has 2 aliphatic rings. The van der Waals surface area contributed by atoms with Gasteiger partial charge in [-0.1, -0.05) is 123 Å². The number of amidine groups is 1. The molecule has 1 spiro atoms. The van der Waals surface area contributed by atoms with Gasteiger partial charge in [-0.15, -0.1) is 0 Å². The van der Waals surface area contributed by atoms with E-state index in [4.69, 9.17) is 16.9 Å². The molecule has 5 aromatic rings. The molecule has 0 amide bonds. The molecule has 0 aromatic heterocycles. The highest BCUT2D eigenvalue weighted by Gasteiger charge is 2.53. The van der Waals surface area contributed by atoms with Gasteiger partial charge >= 0.3 is 0 Å². The van der Waals surface area contributed by atoms with Gasteiger partial charge in [-0.25, -0.2) is 0 Å². The fourth-order valence-corrected chi connectivity index (χ4v) is 7.25. The first kappa shape index (κ1) is 23.6. The highest BCUT2D eigenvalue weighted by molar-refractivity contribution is 5.99. The molecule has 0 radical (unpaired) electrons. The van der Waals surface area contributed by atoms with E-state index in [-0.39, 0.29) is 17.3 Å². The number of rotatable bonds is 3. The molecule has 1 unspecified atom stereocenters. The zero-order valence-corrected chi connectivity index (χ0v) is 22.2. The van der Waals surface area contributed by atoms with Gasteiger partial charge in [-0.2, -0.15) is 0 Å². The molecule has 1 atom stereocenters. The maximum Gasteiger partial charge on any atom is 0.122 e. The van der Waals surface area contributed by atoms with E-state index in [1.54, 1.807) is 0 Å². The van der Waals surface area contributed by atoms with Crippen LogP contribution in [0.4, 0.5) is 0 Å². The van der Waals surface area contributed by atoms with Crippen LogP contribution in [-0.2, 0) is 10.8 Å². The van der Waals surface area contributed by atoms with E-state index in [0.717, 1.165) is 27.8 Å². The van der Waals surface area contributed by atoms with Crippen LogP contribution in [0.1, 0.15) is 70.0 Å². The minimum Gasteiger partial charge on any atom is -0.384 e.